The highest BCUT2D eigenvalue weighted by Gasteiger charge is 2.13. The van der Waals surface area contributed by atoms with Gasteiger partial charge in [0.05, 0.1) is 23.3 Å². The Labute approximate surface area is 162 Å². The van der Waals surface area contributed by atoms with Gasteiger partial charge in [0.25, 0.3) is 0 Å². The summed E-state index contributed by atoms with van der Waals surface area (Å²) in [6.45, 7) is 3.88. The molecule has 0 fully saturated rings. The van der Waals surface area contributed by atoms with E-state index in [-0.39, 0.29) is 12.3 Å². The van der Waals surface area contributed by atoms with Crippen LogP contribution in [0.4, 0.5) is 0 Å². The molecular weight excluding hydrogens is 352 g/mol. The van der Waals surface area contributed by atoms with Gasteiger partial charge in [-0.25, -0.2) is 9.67 Å². The summed E-state index contributed by atoms with van der Waals surface area (Å²) in [5.74, 6) is -0.0623. The zero-order valence-electron chi connectivity index (χ0n) is 15.7. The van der Waals surface area contributed by atoms with Gasteiger partial charge < -0.3 is 5.11 Å². The smallest absolute Gasteiger partial charge is 0.303 e. The molecule has 1 aromatic carbocycles. The van der Waals surface area contributed by atoms with Gasteiger partial charge in [0.1, 0.15) is 0 Å². The van der Waals surface area contributed by atoms with Gasteiger partial charge in [0, 0.05) is 23.3 Å². The van der Waals surface area contributed by atoms with Gasteiger partial charge in [-0.3, -0.25) is 9.78 Å². The van der Waals surface area contributed by atoms with Crippen molar-refractivity contribution in [3.8, 4) is 17.1 Å². The summed E-state index contributed by atoms with van der Waals surface area (Å²) < 4.78 is 1.83. The third-order valence-electron chi connectivity index (χ3n) is 4.87. The standard InChI is InChI=1S/C22H20N4O2/c1-14(11-22(27)28)16-6-8-17(9-7-16)19-12-20-18(13-24-19)15(2)25-26(20)21-5-3-4-10-23-21/h3-10,12-14H,11H2,1-2H3,(H,27,28). The number of carboxylic acid groups (broad SMARTS) is 1. The summed E-state index contributed by atoms with van der Waals surface area (Å²) in [6.07, 6.45) is 3.71. The average Bonchev–Trinajstić information content (AvgIpc) is 3.04. The lowest BCUT2D eigenvalue weighted by Gasteiger charge is -2.10. The summed E-state index contributed by atoms with van der Waals surface area (Å²) in [4.78, 5) is 19.9. The fraction of sp³-hybridized carbons (Fsp3) is 0.182. The van der Waals surface area contributed by atoms with Crippen LogP contribution >= 0.6 is 0 Å². The van der Waals surface area contributed by atoms with E-state index >= 15 is 0 Å². The van der Waals surface area contributed by atoms with Crippen LogP contribution in [-0.4, -0.2) is 30.8 Å². The monoisotopic (exact) mass is 372 g/mol. The summed E-state index contributed by atoms with van der Waals surface area (Å²) >= 11 is 0. The van der Waals surface area contributed by atoms with Crippen LogP contribution in [0.5, 0.6) is 0 Å². The van der Waals surface area contributed by atoms with E-state index < -0.39 is 5.97 Å². The SMILES string of the molecule is Cc1nn(-c2ccccn2)c2cc(-c3ccc(C(C)CC(=O)O)cc3)ncc12. The van der Waals surface area contributed by atoms with Crippen molar-refractivity contribution in [1.29, 1.82) is 0 Å². The van der Waals surface area contributed by atoms with Gasteiger partial charge >= 0.3 is 5.97 Å². The Bertz CT molecular complexity index is 1130. The molecule has 0 amide bonds. The van der Waals surface area contributed by atoms with E-state index in [2.05, 4.69) is 15.1 Å². The van der Waals surface area contributed by atoms with Crippen molar-refractivity contribution >= 4 is 16.9 Å². The van der Waals surface area contributed by atoms with E-state index in [4.69, 9.17) is 5.11 Å². The molecule has 0 aliphatic carbocycles. The summed E-state index contributed by atoms with van der Waals surface area (Å²) in [6, 6.07) is 15.6. The molecule has 6 heteroatoms. The van der Waals surface area contributed by atoms with Gasteiger partial charge in [-0.2, -0.15) is 5.10 Å². The van der Waals surface area contributed by atoms with Gasteiger partial charge in [0.15, 0.2) is 5.82 Å². The number of nitrogens with zero attached hydrogens (tertiary/aromatic N) is 4. The number of hydrogen-bond donors (Lipinski definition) is 1. The minimum atomic E-state index is -0.790. The molecule has 0 aliphatic rings. The van der Waals surface area contributed by atoms with Gasteiger partial charge in [0.2, 0.25) is 0 Å². The first-order chi connectivity index (χ1) is 13.5. The second kappa shape index (κ2) is 7.23. The van der Waals surface area contributed by atoms with E-state index in [1.807, 2.05) is 73.3 Å². The Morgan fingerprint density at radius 3 is 2.61 bits per heavy atom. The lowest BCUT2D eigenvalue weighted by molar-refractivity contribution is -0.137. The normalized spacial score (nSPS) is 12.2. The summed E-state index contributed by atoms with van der Waals surface area (Å²) in [5.41, 5.74) is 4.66. The molecule has 1 N–H and O–H groups in total. The van der Waals surface area contributed by atoms with Crippen molar-refractivity contribution in [2.75, 3.05) is 0 Å². The van der Waals surface area contributed by atoms with E-state index in [0.717, 1.165) is 39.2 Å². The molecule has 0 saturated carbocycles. The Morgan fingerprint density at radius 2 is 1.93 bits per heavy atom. The highest BCUT2D eigenvalue weighted by molar-refractivity contribution is 5.85. The highest BCUT2D eigenvalue weighted by atomic mass is 16.4. The maximum Gasteiger partial charge on any atom is 0.303 e. The Kier molecular flexibility index (Phi) is 4.61. The Hall–Kier alpha value is -3.54. The predicted octanol–water partition coefficient (Wildman–Crippen LogP) is 4.37. The van der Waals surface area contributed by atoms with E-state index in [1.54, 1.807) is 6.20 Å². The topological polar surface area (TPSA) is 80.9 Å². The highest BCUT2D eigenvalue weighted by Crippen LogP contribution is 2.27. The van der Waals surface area contributed by atoms with E-state index in [9.17, 15) is 4.79 Å². The molecular formula is C22H20N4O2. The molecule has 3 aromatic heterocycles. The van der Waals surface area contributed by atoms with Crippen LogP contribution in [0.1, 0.15) is 30.5 Å². The number of aliphatic carboxylic acids is 1. The number of rotatable bonds is 5. The van der Waals surface area contributed by atoms with Crippen LogP contribution < -0.4 is 0 Å². The second-order valence-corrected chi connectivity index (χ2v) is 6.89. The largest absolute Gasteiger partial charge is 0.481 e. The Balaban J connectivity index is 1.73. The van der Waals surface area contributed by atoms with Crippen molar-refractivity contribution in [3.63, 3.8) is 0 Å². The molecule has 1 atom stereocenters. The maximum absolute atomic E-state index is 10.9. The molecule has 4 rings (SSSR count). The van der Waals surface area contributed by atoms with Gasteiger partial charge in [-0.15, -0.1) is 0 Å². The number of pyridine rings is 2. The third-order valence-corrected chi connectivity index (χ3v) is 4.87. The second-order valence-electron chi connectivity index (χ2n) is 6.89. The number of carbonyl (C=O) groups is 1. The minimum Gasteiger partial charge on any atom is -0.481 e. The first-order valence-electron chi connectivity index (χ1n) is 9.12. The predicted molar refractivity (Wildman–Crippen MR) is 108 cm³/mol. The molecule has 0 aliphatic heterocycles. The zero-order valence-corrected chi connectivity index (χ0v) is 15.7. The fourth-order valence-electron chi connectivity index (χ4n) is 3.33. The molecule has 0 bridgehead atoms. The van der Waals surface area contributed by atoms with Crippen LogP contribution in [0, 0.1) is 6.92 Å². The lowest BCUT2D eigenvalue weighted by Crippen LogP contribution is -2.02. The number of benzene rings is 1. The summed E-state index contributed by atoms with van der Waals surface area (Å²) in [5, 5.41) is 14.6. The fourth-order valence-corrected chi connectivity index (χ4v) is 3.33. The van der Waals surface area contributed by atoms with Crippen molar-refractivity contribution in [1.82, 2.24) is 19.7 Å². The third kappa shape index (κ3) is 3.36. The lowest BCUT2D eigenvalue weighted by atomic mass is 9.96. The van der Waals surface area contributed by atoms with Crippen molar-refractivity contribution < 1.29 is 9.90 Å². The molecule has 28 heavy (non-hydrogen) atoms. The molecule has 6 nitrogen and oxygen atoms in total. The maximum atomic E-state index is 10.9. The Morgan fingerprint density at radius 1 is 1.14 bits per heavy atom. The van der Waals surface area contributed by atoms with Crippen LogP contribution in [0.15, 0.2) is 60.9 Å². The van der Waals surface area contributed by atoms with Crippen LogP contribution in [0.25, 0.3) is 28.0 Å². The first kappa shape index (κ1) is 17.9. The molecule has 3 heterocycles. The van der Waals surface area contributed by atoms with E-state index in [0.29, 0.717) is 0 Å². The van der Waals surface area contributed by atoms with Gasteiger partial charge in [-0.05, 0) is 36.6 Å². The van der Waals surface area contributed by atoms with Crippen LogP contribution in [0.3, 0.4) is 0 Å². The molecule has 0 radical (unpaired) electrons. The minimum absolute atomic E-state index is 0.0322. The number of fused-ring (bicyclic) bond motifs is 1. The first-order valence-corrected chi connectivity index (χ1v) is 9.12. The number of aromatic nitrogens is 4. The molecule has 0 saturated heterocycles. The number of hydrogen-bond acceptors (Lipinski definition) is 4. The summed E-state index contributed by atoms with van der Waals surface area (Å²) in [7, 11) is 0. The number of carboxylic acids is 1. The molecule has 140 valence electrons. The zero-order chi connectivity index (χ0) is 19.7. The average molecular weight is 372 g/mol. The molecule has 0 spiro atoms. The van der Waals surface area contributed by atoms with Gasteiger partial charge in [-0.1, -0.05) is 37.3 Å². The van der Waals surface area contributed by atoms with Crippen LogP contribution in [0.2, 0.25) is 0 Å². The quantitative estimate of drug-likeness (QED) is 0.563. The van der Waals surface area contributed by atoms with Crippen molar-refractivity contribution in [3.05, 3.63) is 72.2 Å². The number of aryl methyl sites for hydroxylation is 1. The molecule has 4 aromatic rings. The van der Waals surface area contributed by atoms with Crippen molar-refractivity contribution in [2.45, 2.75) is 26.2 Å². The molecule has 1 unspecified atom stereocenters. The van der Waals surface area contributed by atoms with Crippen LogP contribution in [-0.2, 0) is 4.79 Å². The van der Waals surface area contributed by atoms with Crippen molar-refractivity contribution in [2.24, 2.45) is 0 Å². The van der Waals surface area contributed by atoms with E-state index in [1.165, 1.54) is 0 Å².